The molecule has 102 valence electrons. The molecule has 2 amide bonds. The molecule has 1 aliphatic heterocycles. The number of carbonyl (C=O) groups excluding carboxylic acids is 2. The summed E-state index contributed by atoms with van der Waals surface area (Å²) in [7, 11) is 0. The van der Waals surface area contributed by atoms with Crippen LogP contribution in [0, 0.1) is 0 Å². The molecular formula is C10H17N3O5. The fourth-order valence-corrected chi connectivity index (χ4v) is 1.67. The number of rotatable bonds is 6. The highest BCUT2D eigenvalue weighted by atomic mass is 16.4. The standard InChI is InChI=1S/C10H17N3O5/c11-9(17)6(1-2-8(15)16)13-10(18)7-3-5(14)4-12-7/h5-7,12,14H,1-4H2,(H2,11,17)(H,13,18)(H,15,16)/t5-,6+,7+/m1/s1/i/hD. The molecule has 0 aromatic carbocycles. The number of primary amides is 1. The van der Waals surface area contributed by atoms with E-state index < -0.39 is 36.0 Å². The van der Waals surface area contributed by atoms with Crippen LogP contribution in [-0.4, -0.2) is 52.7 Å². The van der Waals surface area contributed by atoms with Crippen molar-refractivity contribution < 1.29 is 26.0 Å². The van der Waals surface area contributed by atoms with Crippen LogP contribution in [0.5, 0.6) is 0 Å². The number of aliphatic carboxylic acids is 1. The number of hydrogen-bond donors (Lipinski definition) is 5. The number of aliphatic hydroxyl groups excluding tert-OH is 1. The molecule has 0 spiro atoms. The average Bonchev–Trinajstić information content (AvgIpc) is 2.62. The van der Waals surface area contributed by atoms with Crippen molar-refractivity contribution >= 4 is 17.8 Å². The van der Waals surface area contributed by atoms with Gasteiger partial charge in [-0.15, -0.1) is 0 Å². The third kappa shape index (κ3) is 4.30. The predicted molar refractivity (Wildman–Crippen MR) is 60.4 cm³/mol. The molecule has 0 bridgehead atoms. The van der Waals surface area contributed by atoms with Crippen LogP contribution < -0.4 is 16.4 Å². The van der Waals surface area contributed by atoms with Crippen molar-refractivity contribution in [3.05, 3.63) is 0 Å². The maximum absolute atomic E-state index is 11.8. The Labute approximate surface area is 105 Å². The molecule has 0 radical (unpaired) electrons. The summed E-state index contributed by atoms with van der Waals surface area (Å²) in [5.74, 6) is -2.54. The minimum atomic E-state index is -1.10. The van der Waals surface area contributed by atoms with Gasteiger partial charge in [0.1, 0.15) is 7.45 Å². The molecule has 1 aliphatic rings. The molecule has 1 heterocycles. The average molecular weight is 260 g/mol. The van der Waals surface area contributed by atoms with Crippen LogP contribution in [0.4, 0.5) is 0 Å². The third-order valence-electron chi connectivity index (χ3n) is 2.64. The van der Waals surface area contributed by atoms with Gasteiger partial charge >= 0.3 is 5.97 Å². The topological polar surface area (TPSA) is 142 Å². The molecule has 0 aliphatic carbocycles. The van der Waals surface area contributed by atoms with E-state index in [1.54, 1.807) is 0 Å². The van der Waals surface area contributed by atoms with E-state index in [0.717, 1.165) is 5.31 Å². The number of hydrogen-bond acceptors (Lipinski definition) is 5. The van der Waals surface area contributed by atoms with Gasteiger partial charge in [0, 0.05) is 13.0 Å². The zero-order valence-electron chi connectivity index (χ0n) is 10.7. The highest BCUT2D eigenvalue weighted by Gasteiger charge is 2.30. The first-order chi connectivity index (χ1) is 8.81. The third-order valence-corrected chi connectivity index (χ3v) is 2.64. The summed E-state index contributed by atoms with van der Waals surface area (Å²) in [4.78, 5) is 33.4. The highest BCUT2D eigenvalue weighted by molar-refractivity contribution is 5.89. The second kappa shape index (κ2) is 6.31. The van der Waals surface area contributed by atoms with Crippen LogP contribution in [-0.2, 0) is 14.4 Å². The van der Waals surface area contributed by atoms with Gasteiger partial charge in [-0.25, -0.2) is 0 Å². The van der Waals surface area contributed by atoms with Crippen molar-refractivity contribution in [3.63, 3.8) is 0 Å². The molecule has 3 atom stereocenters. The molecule has 0 saturated carbocycles. The van der Waals surface area contributed by atoms with Crippen LogP contribution in [0.3, 0.4) is 0 Å². The Morgan fingerprint density at radius 3 is 2.67 bits per heavy atom. The zero-order valence-corrected chi connectivity index (χ0v) is 9.70. The van der Waals surface area contributed by atoms with E-state index >= 15 is 0 Å². The number of nitrogens with two attached hydrogens (primary N) is 1. The minimum absolute atomic E-state index is 0.0501. The van der Waals surface area contributed by atoms with Crippen molar-refractivity contribution in [1.29, 1.82) is 0 Å². The first kappa shape index (κ1) is 12.8. The van der Waals surface area contributed by atoms with Gasteiger partial charge in [-0.3, -0.25) is 14.4 Å². The highest BCUT2D eigenvalue weighted by Crippen LogP contribution is 2.07. The summed E-state index contributed by atoms with van der Waals surface area (Å²) in [6.07, 6.45) is -1.07. The lowest BCUT2D eigenvalue weighted by Crippen LogP contribution is -2.50. The SMILES string of the molecule is [2H]N1C[C@H](O)C[C@H]1C(=O)N[C@@H](CCC(=O)O)C(N)=O. The Kier molecular flexibility index (Phi) is 4.48. The first-order valence-corrected chi connectivity index (χ1v) is 5.56. The summed E-state index contributed by atoms with van der Waals surface area (Å²) in [5.41, 5.74) is 5.08. The normalized spacial score (nSPS) is 26.4. The lowest BCUT2D eigenvalue weighted by atomic mass is 10.1. The van der Waals surface area contributed by atoms with Gasteiger partial charge in [-0.2, -0.15) is 0 Å². The largest absolute Gasteiger partial charge is 0.481 e. The Morgan fingerprint density at radius 1 is 1.56 bits per heavy atom. The van der Waals surface area contributed by atoms with Crippen LogP contribution in [0.25, 0.3) is 0 Å². The lowest BCUT2D eigenvalue weighted by Gasteiger charge is -2.17. The molecule has 6 N–H and O–H groups in total. The molecule has 0 unspecified atom stereocenters. The molecule has 1 fully saturated rings. The van der Waals surface area contributed by atoms with Crippen molar-refractivity contribution in [2.24, 2.45) is 5.73 Å². The van der Waals surface area contributed by atoms with Gasteiger partial charge in [0.05, 0.1) is 12.1 Å². The summed E-state index contributed by atoms with van der Waals surface area (Å²) in [6, 6.07) is -1.95. The minimum Gasteiger partial charge on any atom is -0.481 e. The van der Waals surface area contributed by atoms with E-state index in [0.29, 0.717) is 0 Å². The van der Waals surface area contributed by atoms with Crippen LogP contribution in [0.2, 0.25) is 1.41 Å². The molecule has 8 heteroatoms. The van der Waals surface area contributed by atoms with E-state index in [1.165, 1.54) is 0 Å². The van der Waals surface area contributed by atoms with Gasteiger partial charge < -0.3 is 26.6 Å². The summed E-state index contributed by atoms with van der Waals surface area (Å²) < 4.78 is 7.47. The lowest BCUT2D eigenvalue weighted by molar-refractivity contribution is -0.137. The first-order valence-electron chi connectivity index (χ1n) is 6.01. The maximum Gasteiger partial charge on any atom is 0.303 e. The number of aliphatic hydroxyl groups is 1. The quantitative estimate of drug-likeness (QED) is 0.358. The Morgan fingerprint density at radius 2 is 2.22 bits per heavy atom. The number of amides is 2. The van der Waals surface area contributed by atoms with Crippen molar-refractivity contribution in [1.82, 2.24) is 10.6 Å². The van der Waals surface area contributed by atoms with Crippen LogP contribution >= 0.6 is 0 Å². The van der Waals surface area contributed by atoms with Gasteiger partial charge in [-0.05, 0) is 12.8 Å². The smallest absolute Gasteiger partial charge is 0.303 e. The fraction of sp³-hybridized carbons (Fsp3) is 0.700. The number of β-amino-alcohol motifs (C(OH)–C–C–N with tert-alkyl or cyclic N) is 1. The summed E-state index contributed by atoms with van der Waals surface area (Å²) in [5, 5.41) is 21.1. The van der Waals surface area contributed by atoms with Gasteiger partial charge in [0.2, 0.25) is 11.8 Å². The van der Waals surface area contributed by atoms with Gasteiger partial charge in [0.15, 0.2) is 0 Å². The zero-order chi connectivity index (χ0) is 14.6. The number of nitrogens with one attached hydrogen (secondary N) is 2. The molecule has 1 rings (SSSR count). The van der Waals surface area contributed by atoms with Crippen molar-refractivity contribution in [3.8, 4) is 0 Å². The Balaban J connectivity index is 2.56. The predicted octanol–water partition coefficient (Wildman–Crippen LogP) is -2.46. The van der Waals surface area contributed by atoms with Crippen LogP contribution in [0.15, 0.2) is 0 Å². The Hall–Kier alpha value is -1.67. The molecule has 0 aromatic rings. The van der Waals surface area contributed by atoms with Crippen LogP contribution in [0.1, 0.15) is 19.3 Å². The fourth-order valence-electron chi connectivity index (χ4n) is 1.67. The number of carbonyl (C=O) groups is 3. The monoisotopic (exact) mass is 260 g/mol. The van der Waals surface area contributed by atoms with E-state index in [2.05, 4.69) is 5.32 Å². The van der Waals surface area contributed by atoms with Crippen molar-refractivity contribution in [2.75, 3.05) is 6.54 Å². The number of carboxylic acids is 1. The van der Waals surface area contributed by atoms with E-state index in [1.807, 2.05) is 0 Å². The van der Waals surface area contributed by atoms with Gasteiger partial charge in [0.25, 0.3) is 0 Å². The summed E-state index contributed by atoms with van der Waals surface area (Å²) >= 11 is 0. The van der Waals surface area contributed by atoms with Gasteiger partial charge in [-0.1, -0.05) is 0 Å². The molecule has 1 saturated heterocycles. The van der Waals surface area contributed by atoms with E-state index in [4.69, 9.17) is 12.3 Å². The van der Waals surface area contributed by atoms with E-state index in [9.17, 15) is 19.5 Å². The molecular weight excluding hydrogens is 242 g/mol. The molecule has 0 aromatic heterocycles. The maximum atomic E-state index is 11.8. The second-order valence-corrected chi connectivity index (χ2v) is 4.17. The van der Waals surface area contributed by atoms with E-state index in [-0.39, 0.29) is 25.8 Å². The number of carboxylic acid groups (broad SMARTS) is 1. The Bertz CT molecular complexity index is 378. The molecule has 8 nitrogen and oxygen atoms in total. The second-order valence-electron chi connectivity index (χ2n) is 4.17. The summed E-state index contributed by atoms with van der Waals surface area (Å²) in [6.45, 7) is 0.0501. The molecule has 18 heavy (non-hydrogen) atoms. The van der Waals surface area contributed by atoms with Crippen molar-refractivity contribution in [2.45, 2.75) is 37.5 Å².